The molecule has 0 unspecified atom stereocenters. The van der Waals surface area contributed by atoms with Crippen molar-refractivity contribution in [3.05, 3.63) is 47.3 Å². The van der Waals surface area contributed by atoms with Crippen LogP contribution in [-0.4, -0.2) is 0 Å². The topological polar surface area (TPSA) is 23.8 Å². The van der Waals surface area contributed by atoms with Crippen LogP contribution in [0.2, 0.25) is 0 Å². The summed E-state index contributed by atoms with van der Waals surface area (Å²) in [6, 6.07) is 6.95. The predicted molar refractivity (Wildman–Crippen MR) is 108 cm³/mol. The lowest BCUT2D eigenvalue weighted by Gasteiger charge is -2.26. The van der Waals surface area contributed by atoms with Crippen LogP contribution >= 0.6 is 0 Å². The van der Waals surface area contributed by atoms with Gasteiger partial charge in [-0.3, -0.25) is 0 Å². The van der Waals surface area contributed by atoms with Gasteiger partial charge in [-0.25, -0.2) is 4.39 Å². The molecule has 0 N–H and O–H groups in total. The van der Waals surface area contributed by atoms with Crippen molar-refractivity contribution in [2.24, 2.45) is 17.8 Å². The monoisotopic (exact) mass is 363 g/mol. The molecule has 0 saturated heterocycles. The normalized spacial score (nSPS) is 28.3. The van der Waals surface area contributed by atoms with E-state index in [0.29, 0.717) is 11.8 Å². The Balaban J connectivity index is 1.45. The molecule has 0 spiro atoms. The maximum atomic E-state index is 13.8. The first-order valence-electron chi connectivity index (χ1n) is 10.6. The molecule has 2 fully saturated rings. The molecule has 1 aromatic rings. The smallest absolute Gasteiger partial charge is 0.141 e. The fourth-order valence-corrected chi connectivity index (χ4v) is 4.59. The summed E-state index contributed by atoms with van der Waals surface area (Å²) in [4.78, 5) is 0. The Morgan fingerprint density at radius 1 is 1.07 bits per heavy atom. The maximum Gasteiger partial charge on any atom is 0.141 e. The highest BCUT2D eigenvalue weighted by atomic mass is 19.1. The molecule has 2 aliphatic rings. The summed E-state index contributed by atoms with van der Waals surface area (Å²) in [6.45, 7) is 2.30. The van der Waals surface area contributed by atoms with Crippen LogP contribution < -0.4 is 0 Å². The van der Waals surface area contributed by atoms with Gasteiger partial charge in [-0.1, -0.05) is 37.3 Å². The number of hydrogen-bond acceptors (Lipinski definition) is 1. The molecule has 0 radical (unpaired) electrons. The quantitative estimate of drug-likeness (QED) is 0.545. The second kappa shape index (κ2) is 9.75. The summed E-state index contributed by atoms with van der Waals surface area (Å²) in [5, 5.41) is 8.85. The second-order valence-electron chi connectivity index (χ2n) is 8.24. The van der Waals surface area contributed by atoms with E-state index in [1.165, 1.54) is 32.1 Å². The largest absolute Gasteiger partial charge is 0.206 e. The van der Waals surface area contributed by atoms with Crippen LogP contribution in [0.3, 0.4) is 0 Å². The fraction of sp³-hybridized carbons (Fsp3) is 0.560. The van der Waals surface area contributed by atoms with Crippen LogP contribution in [0.1, 0.15) is 81.8 Å². The number of hydrogen-bond donors (Lipinski definition) is 0. The molecule has 2 aliphatic carbocycles. The third-order valence-electron chi connectivity index (χ3n) is 6.52. The molecule has 142 valence electrons. The molecule has 0 atom stereocenters. The minimum atomic E-state index is -0.393. The van der Waals surface area contributed by atoms with Crippen LogP contribution in [0.4, 0.5) is 4.39 Å². The van der Waals surface area contributed by atoms with Crippen molar-refractivity contribution in [3.8, 4) is 17.9 Å². The fourth-order valence-electron chi connectivity index (χ4n) is 4.59. The van der Waals surface area contributed by atoms with Gasteiger partial charge < -0.3 is 0 Å². The average molecular weight is 364 g/mol. The van der Waals surface area contributed by atoms with Crippen molar-refractivity contribution in [3.63, 3.8) is 0 Å². The first-order chi connectivity index (χ1) is 13.2. The van der Waals surface area contributed by atoms with Gasteiger partial charge >= 0.3 is 0 Å². The van der Waals surface area contributed by atoms with E-state index >= 15 is 0 Å². The molecule has 0 amide bonds. The van der Waals surface area contributed by atoms with Gasteiger partial charge in [0.05, 0.1) is 5.56 Å². The number of halogens is 1. The Kier molecular flexibility index (Phi) is 7.11. The zero-order valence-electron chi connectivity index (χ0n) is 16.4. The van der Waals surface area contributed by atoms with Gasteiger partial charge in [0.25, 0.3) is 0 Å². The summed E-state index contributed by atoms with van der Waals surface area (Å²) in [6.07, 6.45) is 15.4. The standard InChI is InChI=1S/C25H30FN/c1-2-19-7-9-20(10-8-19)5-3-4-6-21-11-13-22(14-12-21)23-15-16-24(18-27)25(26)17-23/h3,5,15-17,19-22H,2,7-14H2,1H3. The summed E-state index contributed by atoms with van der Waals surface area (Å²) in [5.74, 6) is 8.85. The second-order valence-corrected chi connectivity index (χ2v) is 8.24. The van der Waals surface area contributed by atoms with Crippen LogP contribution in [0.15, 0.2) is 30.4 Å². The first-order valence-corrected chi connectivity index (χ1v) is 10.6. The van der Waals surface area contributed by atoms with Gasteiger partial charge in [0.15, 0.2) is 0 Å². The van der Waals surface area contributed by atoms with Gasteiger partial charge in [0, 0.05) is 5.92 Å². The van der Waals surface area contributed by atoms with E-state index in [-0.39, 0.29) is 5.56 Å². The minimum absolute atomic E-state index is 0.133. The third kappa shape index (κ3) is 5.46. The molecule has 2 heteroatoms. The van der Waals surface area contributed by atoms with Gasteiger partial charge in [-0.15, -0.1) is 0 Å². The number of nitriles is 1. The summed E-state index contributed by atoms with van der Waals surface area (Å²) in [5.41, 5.74) is 1.16. The Labute approximate surface area is 163 Å². The van der Waals surface area contributed by atoms with Gasteiger partial charge in [0.1, 0.15) is 11.9 Å². The van der Waals surface area contributed by atoms with Crippen LogP contribution in [-0.2, 0) is 0 Å². The molecule has 0 aliphatic heterocycles. The molecule has 2 saturated carbocycles. The van der Waals surface area contributed by atoms with Crippen LogP contribution in [0.5, 0.6) is 0 Å². The Morgan fingerprint density at radius 3 is 2.44 bits per heavy atom. The molecular weight excluding hydrogens is 333 g/mol. The van der Waals surface area contributed by atoms with Crippen LogP contribution in [0.25, 0.3) is 0 Å². The summed E-state index contributed by atoms with van der Waals surface area (Å²) < 4.78 is 13.8. The van der Waals surface area contributed by atoms with E-state index in [4.69, 9.17) is 5.26 Å². The lowest BCUT2D eigenvalue weighted by Crippen LogP contribution is -2.12. The number of benzene rings is 1. The van der Waals surface area contributed by atoms with E-state index in [9.17, 15) is 4.39 Å². The highest BCUT2D eigenvalue weighted by Gasteiger charge is 2.22. The summed E-state index contributed by atoms with van der Waals surface area (Å²) in [7, 11) is 0. The van der Waals surface area contributed by atoms with E-state index in [1.807, 2.05) is 12.1 Å². The average Bonchev–Trinajstić information content (AvgIpc) is 2.72. The van der Waals surface area contributed by atoms with Crippen molar-refractivity contribution in [1.82, 2.24) is 0 Å². The SMILES string of the molecule is CCC1CCC(C=CC#CC2CCC(c3ccc(C#N)c(F)c3)CC2)CC1. The van der Waals surface area contributed by atoms with E-state index in [2.05, 4.69) is 30.9 Å². The highest BCUT2D eigenvalue weighted by Crippen LogP contribution is 2.36. The van der Waals surface area contributed by atoms with Crippen molar-refractivity contribution in [2.75, 3.05) is 0 Å². The van der Waals surface area contributed by atoms with Crippen molar-refractivity contribution >= 4 is 0 Å². The molecule has 3 rings (SSSR count). The number of allylic oxidation sites excluding steroid dienone is 2. The lowest BCUT2D eigenvalue weighted by atomic mass is 9.79. The lowest BCUT2D eigenvalue weighted by molar-refractivity contribution is 0.304. The minimum Gasteiger partial charge on any atom is -0.206 e. The zero-order valence-corrected chi connectivity index (χ0v) is 16.4. The van der Waals surface area contributed by atoms with Gasteiger partial charge in [0.2, 0.25) is 0 Å². The Morgan fingerprint density at radius 2 is 1.81 bits per heavy atom. The molecule has 0 aromatic heterocycles. The molecule has 27 heavy (non-hydrogen) atoms. The highest BCUT2D eigenvalue weighted by molar-refractivity contribution is 5.35. The molecule has 0 bridgehead atoms. The maximum absolute atomic E-state index is 13.8. The van der Waals surface area contributed by atoms with Crippen LogP contribution in [0, 0.1) is 46.7 Å². The predicted octanol–water partition coefficient (Wildman–Crippen LogP) is 6.75. The van der Waals surface area contributed by atoms with Crippen molar-refractivity contribution in [2.45, 2.75) is 70.6 Å². The molecule has 1 nitrogen and oxygen atoms in total. The number of rotatable bonds is 3. The molecule has 1 aromatic carbocycles. The van der Waals surface area contributed by atoms with Crippen molar-refractivity contribution < 1.29 is 4.39 Å². The summed E-state index contributed by atoms with van der Waals surface area (Å²) >= 11 is 0. The molecule has 0 heterocycles. The zero-order chi connectivity index (χ0) is 19.1. The van der Waals surface area contributed by atoms with Gasteiger partial charge in [-0.05, 0) is 92.9 Å². The molecular formula is C25H30FN. The Hall–Kier alpha value is -2.06. The first kappa shape index (κ1) is 19.7. The number of nitrogens with zero attached hydrogens (tertiary/aromatic N) is 1. The third-order valence-corrected chi connectivity index (χ3v) is 6.52. The van der Waals surface area contributed by atoms with E-state index in [0.717, 1.165) is 43.1 Å². The Bertz CT molecular complexity index is 745. The van der Waals surface area contributed by atoms with E-state index < -0.39 is 5.82 Å². The van der Waals surface area contributed by atoms with E-state index in [1.54, 1.807) is 12.1 Å². The van der Waals surface area contributed by atoms with Gasteiger partial charge in [-0.2, -0.15) is 5.26 Å². The van der Waals surface area contributed by atoms with Crippen molar-refractivity contribution in [1.29, 1.82) is 5.26 Å².